The van der Waals surface area contributed by atoms with E-state index in [0.29, 0.717) is 12.0 Å². The van der Waals surface area contributed by atoms with Gasteiger partial charge < -0.3 is 19.3 Å². The number of hydrogen-bond acceptors (Lipinski definition) is 5. The molecule has 0 unspecified atom stereocenters. The second kappa shape index (κ2) is 7.68. The van der Waals surface area contributed by atoms with E-state index in [1.165, 1.54) is 0 Å². The summed E-state index contributed by atoms with van der Waals surface area (Å²) >= 11 is 0. The standard InChI is InChI=1S/C20H26O5/c1-3-4-10-20(11-12-20)25-19-16(21)13-17(14(2)23-19)24-18(22)15-8-6-5-7-9-15/h3,5-9,14,16-17,19,21H,1,4,10-13H2,2H3/t14-,16+,17+,19-/m0/s1. The monoisotopic (exact) mass is 346 g/mol. The van der Waals surface area contributed by atoms with Gasteiger partial charge >= 0.3 is 5.97 Å². The molecule has 0 bridgehead atoms. The van der Waals surface area contributed by atoms with Crippen molar-refractivity contribution in [2.75, 3.05) is 0 Å². The number of carbonyl (C=O) groups excluding carboxylic acids is 1. The molecule has 1 heterocycles. The molecule has 0 spiro atoms. The van der Waals surface area contributed by atoms with E-state index >= 15 is 0 Å². The second-order valence-electron chi connectivity index (χ2n) is 6.95. The average molecular weight is 346 g/mol. The predicted octanol–water partition coefficient (Wildman–Crippen LogP) is 3.22. The molecule has 3 rings (SSSR count). The Labute approximate surface area is 148 Å². The van der Waals surface area contributed by atoms with Crippen molar-refractivity contribution in [3.8, 4) is 0 Å². The van der Waals surface area contributed by atoms with Crippen molar-refractivity contribution in [1.29, 1.82) is 0 Å². The molecule has 1 N–H and O–H groups in total. The van der Waals surface area contributed by atoms with E-state index in [4.69, 9.17) is 14.2 Å². The third-order valence-electron chi connectivity index (χ3n) is 4.91. The summed E-state index contributed by atoms with van der Waals surface area (Å²) < 4.78 is 17.4. The first-order valence-corrected chi connectivity index (χ1v) is 8.91. The van der Waals surface area contributed by atoms with Gasteiger partial charge in [0, 0.05) is 6.42 Å². The summed E-state index contributed by atoms with van der Waals surface area (Å²) in [5, 5.41) is 10.4. The van der Waals surface area contributed by atoms with Crippen molar-refractivity contribution in [1.82, 2.24) is 0 Å². The van der Waals surface area contributed by atoms with Crippen molar-refractivity contribution in [3.05, 3.63) is 48.6 Å². The Morgan fingerprint density at radius 2 is 2.12 bits per heavy atom. The fourth-order valence-corrected chi connectivity index (χ4v) is 3.14. The number of benzene rings is 1. The molecule has 1 saturated heterocycles. The van der Waals surface area contributed by atoms with Gasteiger partial charge in [0.05, 0.1) is 17.3 Å². The first-order valence-electron chi connectivity index (χ1n) is 8.91. The number of rotatable bonds is 7. The minimum atomic E-state index is -0.814. The van der Waals surface area contributed by atoms with Crippen molar-refractivity contribution < 1.29 is 24.1 Å². The Morgan fingerprint density at radius 3 is 2.76 bits per heavy atom. The van der Waals surface area contributed by atoms with E-state index in [-0.39, 0.29) is 11.7 Å². The van der Waals surface area contributed by atoms with Gasteiger partial charge in [-0.2, -0.15) is 0 Å². The second-order valence-corrected chi connectivity index (χ2v) is 6.95. The highest BCUT2D eigenvalue weighted by Crippen LogP contribution is 2.46. The van der Waals surface area contributed by atoms with Gasteiger partial charge in [0.25, 0.3) is 0 Å². The Balaban J connectivity index is 1.55. The van der Waals surface area contributed by atoms with Gasteiger partial charge in [0.2, 0.25) is 0 Å². The van der Waals surface area contributed by atoms with Crippen LogP contribution in [0.5, 0.6) is 0 Å². The molecule has 1 aromatic rings. The molecule has 1 aliphatic heterocycles. The highest BCUT2D eigenvalue weighted by atomic mass is 16.7. The Kier molecular flexibility index (Phi) is 5.57. The molecule has 1 aliphatic carbocycles. The summed E-state index contributed by atoms with van der Waals surface area (Å²) in [7, 11) is 0. The summed E-state index contributed by atoms with van der Waals surface area (Å²) in [4.78, 5) is 12.2. The molecule has 1 saturated carbocycles. The third-order valence-corrected chi connectivity index (χ3v) is 4.91. The number of allylic oxidation sites excluding steroid dienone is 1. The fraction of sp³-hybridized carbons (Fsp3) is 0.550. The molecule has 5 heteroatoms. The first-order chi connectivity index (χ1) is 12.0. The summed E-state index contributed by atoms with van der Waals surface area (Å²) in [6.45, 7) is 5.58. The quantitative estimate of drug-likeness (QED) is 0.607. The fourth-order valence-electron chi connectivity index (χ4n) is 3.14. The molecule has 0 amide bonds. The molecular formula is C20H26O5. The molecule has 2 fully saturated rings. The van der Waals surface area contributed by atoms with Gasteiger partial charge in [0.15, 0.2) is 6.29 Å². The highest BCUT2D eigenvalue weighted by molar-refractivity contribution is 5.89. The zero-order valence-electron chi connectivity index (χ0n) is 14.6. The molecule has 136 valence electrons. The average Bonchev–Trinajstić information content (AvgIpc) is 3.38. The van der Waals surface area contributed by atoms with E-state index in [0.717, 1.165) is 25.7 Å². The van der Waals surface area contributed by atoms with E-state index < -0.39 is 24.5 Å². The van der Waals surface area contributed by atoms with Crippen LogP contribution in [-0.2, 0) is 14.2 Å². The van der Waals surface area contributed by atoms with Gasteiger partial charge in [-0.15, -0.1) is 6.58 Å². The smallest absolute Gasteiger partial charge is 0.338 e. The number of aliphatic hydroxyl groups is 1. The lowest BCUT2D eigenvalue weighted by atomic mass is 10.0. The van der Waals surface area contributed by atoms with Gasteiger partial charge in [-0.05, 0) is 44.7 Å². The van der Waals surface area contributed by atoms with Gasteiger partial charge in [-0.1, -0.05) is 24.3 Å². The Bertz CT molecular complexity index is 595. The third kappa shape index (κ3) is 4.48. The van der Waals surface area contributed by atoms with Crippen LogP contribution in [0.2, 0.25) is 0 Å². The summed E-state index contributed by atoms with van der Waals surface area (Å²) in [5.74, 6) is -0.405. The van der Waals surface area contributed by atoms with Crippen molar-refractivity contribution in [3.63, 3.8) is 0 Å². The normalized spacial score (nSPS) is 30.5. The minimum absolute atomic E-state index is 0.187. The van der Waals surface area contributed by atoms with Crippen LogP contribution < -0.4 is 0 Å². The predicted molar refractivity (Wildman–Crippen MR) is 93.1 cm³/mol. The van der Waals surface area contributed by atoms with Crippen LogP contribution >= 0.6 is 0 Å². The maximum Gasteiger partial charge on any atom is 0.338 e. The van der Waals surface area contributed by atoms with Gasteiger partial charge in [0.1, 0.15) is 12.2 Å². The van der Waals surface area contributed by atoms with Crippen molar-refractivity contribution >= 4 is 5.97 Å². The summed E-state index contributed by atoms with van der Waals surface area (Å²) in [5.41, 5.74) is 0.302. The van der Waals surface area contributed by atoms with Crippen LogP contribution in [0.4, 0.5) is 0 Å². The first kappa shape index (κ1) is 18.1. The topological polar surface area (TPSA) is 65.0 Å². The number of esters is 1. The van der Waals surface area contributed by atoms with Gasteiger partial charge in [-0.3, -0.25) is 0 Å². The molecule has 5 nitrogen and oxygen atoms in total. The van der Waals surface area contributed by atoms with Crippen LogP contribution in [0.15, 0.2) is 43.0 Å². The van der Waals surface area contributed by atoms with Crippen molar-refractivity contribution in [2.24, 2.45) is 0 Å². The largest absolute Gasteiger partial charge is 0.456 e. The van der Waals surface area contributed by atoms with Crippen LogP contribution in [0, 0.1) is 0 Å². The maximum absolute atomic E-state index is 12.2. The lowest BCUT2D eigenvalue weighted by molar-refractivity contribution is -0.280. The summed E-state index contributed by atoms with van der Waals surface area (Å²) in [6, 6.07) is 8.82. The van der Waals surface area contributed by atoms with Crippen molar-refractivity contribution in [2.45, 2.75) is 69.2 Å². The number of ether oxygens (including phenoxy) is 3. The highest BCUT2D eigenvalue weighted by Gasteiger charge is 2.48. The summed E-state index contributed by atoms with van der Waals surface area (Å²) in [6.07, 6.45) is 3.61. The number of hydrogen-bond donors (Lipinski definition) is 1. The SMILES string of the molecule is C=CCCC1(O[C@@H]2O[C@@H](C)[C@H](OC(=O)c3ccccc3)C[C@H]2O)CC1. The maximum atomic E-state index is 12.2. The van der Waals surface area contributed by atoms with Crippen LogP contribution in [0.1, 0.15) is 49.4 Å². The number of aliphatic hydroxyl groups excluding tert-OH is 1. The lowest BCUT2D eigenvalue weighted by Gasteiger charge is -2.38. The van der Waals surface area contributed by atoms with Crippen LogP contribution in [-0.4, -0.2) is 41.3 Å². The van der Waals surface area contributed by atoms with Gasteiger partial charge in [-0.25, -0.2) is 4.79 Å². The van der Waals surface area contributed by atoms with E-state index in [1.807, 2.05) is 19.1 Å². The zero-order chi connectivity index (χ0) is 17.9. The number of carbonyl (C=O) groups is 1. The molecular weight excluding hydrogens is 320 g/mol. The Morgan fingerprint density at radius 1 is 1.40 bits per heavy atom. The molecule has 0 radical (unpaired) electrons. The molecule has 2 aliphatic rings. The Hall–Kier alpha value is -1.69. The molecule has 0 aromatic heterocycles. The molecule has 4 atom stereocenters. The van der Waals surface area contributed by atoms with Crippen LogP contribution in [0.3, 0.4) is 0 Å². The van der Waals surface area contributed by atoms with Crippen LogP contribution in [0.25, 0.3) is 0 Å². The molecule has 25 heavy (non-hydrogen) atoms. The minimum Gasteiger partial charge on any atom is -0.456 e. The zero-order valence-corrected chi connectivity index (χ0v) is 14.6. The van der Waals surface area contributed by atoms with E-state index in [2.05, 4.69) is 6.58 Å². The van der Waals surface area contributed by atoms with E-state index in [1.54, 1.807) is 24.3 Å². The lowest BCUT2D eigenvalue weighted by Crippen LogP contribution is -2.50. The van der Waals surface area contributed by atoms with E-state index in [9.17, 15) is 9.90 Å². The molecule has 1 aromatic carbocycles.